The first-order chi connectivity index (χ1) is 6.22. The predicted octanol–water partition coefficient (Wildman–Crippen LogP) is 1.23. The van der Waals surface area contributed by atoms with E-state index in [2.05, 4.69) is 5.32 Å². The van der Waals surface area contributed by atoms with Gasteiger partial charge in [0.1, 0.15) is 12.2 Å². The lowest BCUT2D eigenvalue weighted by Crippen LogP contribution is -2.12. The molecule has 1 heterocycles. The van der Waals surface area contributed by atoms with E-state index in [1.54, 1.807) is 0 Å². The van der Waals surface area contributed by atoms with Crippen LogP contribution in [-0.2, 0) is 9.59 Å². The molecule has 0 aromatic heterocycles. The second-order valence-electron chi connectivity index (χ2n) is 3.19. The molecule has 0 saturated carbocycles. The molecule has 2 rings (SSSR count). The molecule has 0 fully saturated rings. The van der Waals surface area contributed by atoms with E-state index in [0.29, 0.717) is 6.29 Å². The molecule has 0 radical (unpaired) electrons. The van der Waals surface area contributed by atoms with E-state index < -0.39 is 5.92 Å². The molecule has 1 aliphatic rings. The van der Waals surface area contributed by atoms with Crippen LogP contribution in [0.25, 0.3) is 0 Å². The van der Waals surface area contributed by atoms with Crippen molar-refractivity contribution in [2.45, 2.75) is 12.8 Å². The number of hydrogen-bond donors (Lipinski definition) is 1. The number of rotatable bonds is 1. The minimum absolute atomic E-state index is 0.226. The molecule has 0 saturated heterocycles. The first-order valence-corrected chi connectivity index (χ1v) is 4.09. The van der Waals surface area contributed by atoms with Gasteiger partial charge in [-0.2, -0.15) is 0 Å². The van der Waals surface area contributed by atoms with Crippen molar-refractivity contribution in [1.29, 1.82) is 0 Å². The number of hydrogen-bond acceptors (Lipinski definition) is 2. The Balaban J connectivity index is 2.54. The van der Waals surface area contributed by atoms with E-state index in [0.717, 1.165) is 16.8 Å². The topological polar surface area (TPSA) is 46.2 Å². The van der Waals surface area contributed by atoms with Crippen molar-refractivity contribution in [2.24, 2.45) is 0 Å². The van der Waals surface area contributed by atoms with Crippen molar-refractivity contribution < 1.29 is 9.59 Å². The fraction of sp³-hybridized carbons (Fsp3) is 0.200. The number of nitrogens with one attached hydrogen (secondary N) is 1. The zero-order valence-corrected chi connectivity index (χ0v) is 7.20. The summed E-state index contributed by atoms with van der Waals surface area (Å²) in [5.41, 5.74) is 2.62. The lowest BCUT2D eigenvalue weighted by Gasteiger charge is -1.99. The predicted molar refractivity (Wildman–Crippen MR) is 48.6 cm³/mol. The zero-order valence-electron chi connectivity index (χ0n) is 7.20. The number of fused-ring (bicyclic) bond motifs is 1. The Morgan fingerprint density at radius 1 is 1.46 bits per heavy atom. The molecule has 0 bridgehead atoms. The molecular weight excluding hydrogens is 166 g/mol. The van der Waals surface area contributed by atoms with Crippen molar-refractivity contribution in [3.05, 3.63) is 29.3 Å². The Bertz CT molecular complexity index is 385. The highest BCUT2D eigenvalue weighted by Crippen LogP contribution is 2.31. The third-order valence-corrected chi connectivity index (χ3v) is 2.22. The SMILES string of the molecule is Cc1ccc2c(c1)NC(=O)[C@H]2C=O. The maximum Gasteiger partial charge on any atom is 0.239 e. The molecule has 1 N–H and O–H groups in total. The largest absolute Gasteiger partial charge is 0.325 e. The summed E-state index contributed by atoms with van der Waals surface area (Å²) in [5, 5.41) is 2.67. The van der Waals surface area contributed by atoms with Crippen LogP contribution in [0.3, 0.4) is 0 Å². The highest BCUT2D eigenvalue weighted by molar-refractivity contribution is 6.11. The second-order valence-corrected chi connectivity index (χ2v) is 3.19. The fourth-order valence-electron chi connectivity index (χ4n) is 1.54. The Kier molecular flexibility index (Phi) is 1.65. The van der Waals surface area contributed by atoms with Gasteiger partial charge in [-0.1, -0.05) is 12.1 Å². The normalized spacial score (nSPS) is 19.5. The molecule has 1 aromatic carbocycles. The van der Waals surface area contributed by atoms with Gasteiger partial charge in [-0.25, -0.2) is 0 Å². The Hall–Kier alpha value is -1.64. The van der Waals surface area contributed by atoms with Crippen molar-refractivity contribution in [3.8, 4) is 0 Å². The van der Waals surface area contributed by atoms with Crippen LogP contribution in [-0.4, -0.2) is 12.2 Å². The number of benzene rings is 1. The van der Waals surface area contributed by atoms with E-state index in [1.165, 1.54) is 0 Å². The van der Waals surface area contributed by atoms with E-state index in [-0.39, 0.29) is 5.91 Å². The summed E-state index contributed by atoms with van der Waals surface area (Å²) < 4.78 is 0. The van der Waals surface area contributed by atoms with Gasteiger partial charge < -0.3 is 10.1 Å². The summed E-state index contributed by atoms with van der Waals surface area (Å²) in [6, 6.07) is 5.59. The van der Waals surface area contributed by atoms with Gasteiger partial charge in [0.2, 0.25) is 5.91 Å². The molecule has 3 heteroatoms. The van der Waals surface area contributed by atoms with E-state index in [4.69, 9.17) is 0 Å². The van der Waals surface area contributed by atoms with Crippen molar-refractivity contribution in [2.75, 3.05) is 5.32 Å². The van der Waals surface area contributed by atoms with Gasteiger partial charge >= 0.3 is 0 Å². The van der Waals surface area contributed by atoms with Gasteiger partial charge in [0.15, 0.2) is 0 Å². The first-order valence-electron chi connectivity index (χ1n) is 4.09. The van der Waals surface area contributed by atoms with Crippen LogP contribution in [0.15, 0.2) is 18.2 Å². The van der Waals surface area contributed by atoms with E-state index in [9.17, 15) is 9.59 Å². The quantitative estimate of drug-likeness (QED) is 0.515. The summed E-state index contributed by atoms with van der Waals surface area (Å²) in [4.78, 5) is 21.8. The summed E-state index contributed by atoms with van der Waals surface area (Å²) in [6.45, 7) is 1.95. The van der Waals surface area contributed by atoms with Crippen LogP contribution < -0.4 is 5.32 Å². The molecule has 1 aromatic rings. The maximum absolute atomic E-state index is 11.2. The molecule has 1 amide bonds. The standard InChI is InChI=1S/C10H9NO2/c1-6-2-3-7-8(5-12)10(13)11-9(7)4-6/h2-5,8H,1H3,(H,11,13)/t8-/m0/s1. The molecule has 0 unspecified atom stereocenters. The molecule has 0 aliphatic carbocycles. The number of aryl methyl sites for hydroxylation is 1. The summed E-state index contributed by atoms with van der Waals surface area (Å²) in [5.74, 6) is -0.841. The first kappa shape index (κ1) is 7.98. The molecule has 1 atom stereocenters. The molecular formula is C10H9NO2. The Labute approximate surface area is 75.8 Å². The van der Waals surface area contributed by atoms with Gasteiger partial charge in [0.25, 0.3) is 0 Å². The van der Waals surface area contributed by atoms with Gasteiger partial charge in [-0.3, -0.25) is 4.79 Å². The lowest BCUT2D eigenvalue weighted by molar-refractivity contribution is -0.121. The number of carbonyl (C=O) groups is 2. The minimum atomic E-state index is -0.615. The number of anilines is 1. The highest BCUT2D eigenvalue weighted by Gasteiger charge is 2.29. The Morgan fingerprint density at radius 3 is 2.92 bits per heavy atom. The maximum atomic E-state index is 11.2. The summed E-state index contributed by atoms with van der Waals surface area (Å²) in [6.07, 6.45) is 0.677. The summed E-state index contributed by atoms with van der Waals surface area (Å²) >= 11 is 0. The van der Waals surface area contributed by atoms with Crippen molar-refractivity contribution >= 4 is 17.9 Å². The van der Waals surface area contributed by atoms with Gasteiger partial charge in [0, 0.05) is 5.69 Å². The van der Waals surface area contributed by atoms with Crippen LogP contribution in [0.1, 0.15) is 17.0 Å². The average Bonchev–Trinajstić information content (AvgIpc) is 2.39. The van der Waals surface area contributed by atoms with Crippen LogP contribution >= 0.6 is 0 Å². The lowest BCUT2D eigenvalue weighted by atomic mass is 10.0. The fourth-order valence-corrected chi connectivity index (χ4v) is 1.54. The van der Waals surface area contributed by atoms with Gasteiger partial charge in [-0.15, -0.1) is 0 Å². The molecule has 66 valence electrons. The third-order valence-electron chi connectivity index (χ3n) is 2.22. The Morgan fingerprint density at radius 2 is 2.23 bits per heavy atom. The molecule has 13 heavy (non-hydrogen) atoms. The zero-order chi connectivity index (χ0) is 9.42. The number of amides is 1. The van der Waals surface area contributed by atoms with E-state index >= 15 is 0 Å². The smallest absolute Gasteiger partial charge is 0.239 e. The van der Waals surface area contributed by atoms with Crippen LogP contribution in [0.5, 0.6) is 0 Å². The molecule has 1 aliphatic heterocycles. The van der Waals surface area contributed by atoms with Crippen molar-refractivity contribution in [1.82, 2.24) is 0 Å². The second kappa shape index (κ2) is 2.69. The number of aldehydes is 1. The minimum Gasteiger partial charge on any atom is -0.325 e. The number of carbonyl (C=O) groups excluding carboxylic acids is 2. The summed E-state index contributed by atoms with van der Waals surface area (Å²) in [7, 11) is 0. The van der Waals surface area contributed by atoms with Gasteiger partial charge in [-0.05, 0) is 24.1 Å². The van der Waals surface area contributed by atoms with Crippen LogP contribution in [0.4, 0.5) is 5.69 Å². The molecule has 0 spiro atoms. The van der Waals surface area contributed by atoms with Crippen LogP contribution in [0, 0.1) is 6.92 Å². The molecule has 3 nitrogen and oxygen atoms in total. The third kappa shape index (κ3) is 1.13. The van der Waals surface area contributed by atoms with Gasteiger partial charge in [0.05, 0.1) is 0 Å². The monoisotopic (exact) mass is 175 g/mol. The highest BCUT2D eigenvalue weighted by atomic mass is 16.2. The van der Waals surface area contributed by atoms with Crippen molar-refractivity contribution in [3.63, 3.8) is 0 Å². The average molecular weight is 175 g/mol. The van der Waals surface area contributed by atoms with E-state index in [1.807, 2.05) is 25.1 Å². The van der Waals surface area contributed by atoms with Crippen LogP contribution in [0.2, 0.25) is 0 Å².